The van der Waals surface area contributed by atoms with Crippen molar-refractivity contribution in [3.8, 4) is 0 Å². The highest BCUT2D eigenvalue weighted by Gasteiger charge is 2.29. The Kier molecular flexibility index (Phi) is 3.19. The number of carboxylic acid groups (broad SMARTS) is 1. The van der Waals surface area contributed by atoms with Crippen molar-refractivity contribution in [3.63, 3.8) is 0 Å². The molecule has 0 aliphatic heterocycles. The molecular weight excluding hydrogens is 194 g/mol. The summed E-state index contributed by atoms with van der Waals surface area (Å²) in [4.78, 5) is 11.1. The average Bonchev–Trinajstić information content (AvgIpc) is 2.61. The fourth-order valence-corrected chi connectivity index (χ4v) is 1.47. The summed E-state index contributed by atoms with van der Waals surface area (Å²) in [5.74, 6) is -0.625. The van der Waals surface area contributed by atoms with E-state index in [9.17, 15) is 4.79 Å². The molecule has 1 rings (SSSR count). The van der Waals surface area contributed by atoms with Gasteiger partial charge in [-0.1, -0.05) is 20.8 Å². The lowest BCUT2D eigenvalue weighted by atomic mass is 9.81. The molecule has 1 heterocycles. The predicted octanol–water partition coefficient (Wildman–Crippen LogP) is 2.12. The van der Waals surface area contributed by atoms with Crippen molar-refractivity contribution < 1.29 is 14.3 Å². The molecule has 4 nitrogen and oxygen atoms in total. The van der Waals surface area contributed by atoms with E-state index in [0.29, 0.717) is 5.76 Å². The van der Waals surface area contributed by atoms with Gasteiger partial charge in [0.25, 0.3) is 0 Å². The van der Waals surface area contributed by atoms with Crippen LogP contribution in [0.25, 0.3) is 0 Å². The van der Waals surface area contributed by atoms with E-state index in [0.717, 1.165) is 12.0 Å². The van der Waals surface area contributed by atoms with Crippen LogP contribution in [0, 0.1) is 0 Å². The van der Waals surface area contributed by atoms with Crippen LogP contribution in [0.2, 0.25) is 0 Å². The Morgan fingerprint density at radius 2 is 2.20 bits per heavy atom. The van der Waals surface area contributed by atoms with Crippen LogP contribution in [0.15, 0.2) is 10.7 Å². The summed E-state index contributed by atoms with van der Waals surface area (Å²) >= 11 is 0. The lowest BCUT2D eigenvalue weighted by Gasteiger charge is -2.21. The van der Waals surface area contributed by atoms with Gasteiger partial charge < -0.3 is 15.3 Å². The second-order valence-electron chi connectivity index (χ2n) is 4.19. The van der Waals surface area contributed by atoms with E-state index in [2.05, 4.69) is 0 Å². The van der Waals surface area contributed by atoms with Crippen molar-refractivity contribution >= 4 is 5.97 Å². The van der Waals surface area contributed by atoms with Crippen LogP contribution in [0.3, 0.4) is 0 Å². The van der Waals surface area contributed by atoms with Crippen molar-refractivity contribution in [2.45, 2.75) is 39.2 Å². The standard InChI is InChI=1S/C11H17NO3/c1-4-11(2,3)7-6-15-8(5-12)9(7)10(13)14/h6H,4-5,12H2,1-3H3,(H,13,14). The minimum atomic E-state index is -0.972. The van der Waals surface area contributed by atoms with Gasteiger partial charge in [0, 0.05) is 5.56 Å². The second kappa shape index (κ2) is 4.06. The topological polar surface area (TPSA) is 76.5 Å². The van der Waals surface area contributed by atoms with Crippen molar-refractivity contribution in [3.05, 3.63) is 23.2 Å². The number of furan rings is 1. The van der Waals surface area contributed by atoms with Crippen LogP contribution < -0.4 is 5.73 Å². The van der Waals surface area contributed by atoms with Crippen LogP contribution in [0.1, 0.15) is 48.9 Å². The molecule has 15 heavy (non-hydrogen) atoms. The maximum Gasteiger partial charge on any atom is 0.339 e. The Morgan fingerprint density at radius 3 is 2.60 bits per heavy atom. The van der Waals surface area contributed by atoms with Gasteiger partial charge in [0.2, 0.25) is 0 Å². The molecule has 0 saturated carbocycles. The third-order valence-electron chi connectivity index (χ3n) is 2.88. The monoisotopic (exact) mass is 211 g/mol. The quantitative estimate of drug-likeness (QED) is 0.799. The average molecular weight is 211 g/mol. The van der Waals surface area contributed by atoms with Gasteiger partial charge in [-0.25, -0.2) is 4.79 Å². The molecule has 0 aliphatic carbocycles. The summed E-state index contributed by atoms with van der Waals surface area (Å²) in [7, 11) is 0. The smallest absolute Gasteiger partial charge is 0.339 e. The third kappa shape index (κ3) is 2.04. The fraction of sp³-hybridized carbons (Fsp3) is 0.545. The molecular formula is C11H17NO3. The highest BCUT2D eigenvalue weighted by Crippen LogP contribution is 2.32. The predicted molar refractivity (Wildman–Crippen MR) is 56.9 cm³/mol. The molecule has 3 N–H and O–H groups in total. The second-order valence-corrected chi connectivity index (χ2v) is 4.19. The summed E-state index contributed by atoms with van der Waals surface area (Å²) in [6, 6.07) is 0. The summed E-state index contributed by atoms with van der Waals surface area (Å²) in [5, 5.41) is 9.11. The summed E-state index contributed by atoms with van der Waals surface area (Å²) < 4.78 is 5.19. The number of rotatable bonds is 4. The summed E-state index contributed by atoms with van der Waals surface area (Å²) in [6.07, 6.45) is 2.35. The lowest BCUT2D eigenvalue weighted by molar-refractivity contribution is 0.0692. The summed E-state index contributed by atoms with van der Waals surface area (Å²) in [5.41, 5.74) is 6.17. The van der Waals surface area contributed by atoms with Crippen LogP contribution in [-0.4, -0.2) is 11.1 Å². The highest BCUT2D eigenvalue weighted by molar-refractivity contribution is 5.91. The molecule has 0 unspecified atom stereocenters. The van der Waals surface area contributed by atoms with Crippen LogP contribution in [0.5, 0.6) is 0 Å². The summed E-state index contributed by atoms with van der Waals surface area (Å²) in [6.45, 7) is 6.11. The van der Waals surface area contributed by atoms with Crippen LogP contribution in [0.4, 0.5) is 0 Å². The molecule has 1 aromatic rings. The first-order valence-electron chi connectivity index (χ1n) is 4.98. The SMILES string of the molecule is CCC(C)(C)c1coc(CN)c1C(=O)O. The van der Waals surface area contributed by atoms with E-state index in [1.54, 1.807) is 0 Å². The first kappa shape index (κ1) is 11.8. The van der Waals surface area contributed by atoms with Gasteiger partial charge in [-0.05, 0) is 11.8 Å². The number of carbonyl (C=O) groups is 1. The molecule has 0 spiro atoms. The maximum atomic E-state index is 11.1. The molecule has 0 radical (unpaired) electrons. The Bertz CT molecular complexity index is 366. The minimum absolute atomic E-state index is 0.113. The molecule has 84 valence electrons. The highest BCUT2D eigenvalue weighted by atomic mass is 16.4. The van der Waals surface area contributed by atoms with Gasteiger partial charge in [0.15, 0.2) is 0 Å². The molecule has 1 aromatic heterocycles. The van der Waals surface area contributed by atoms with E-state index in [4.69, 9.17) is 15.3 Å². The molecule has 4 heteroatoms. The Balaban J connectivity index is 3.31. The third-order valence-corrected chi connectivity index (χ3v) is 2.88. The number of aromatic carboxylic acids is 1. The van der Waals surface area contributed by atoms with Gasteiger partial charge in [0.1, 0.15) is 11.3 Å². The van der Waals surface area contributed by atoms with Gasteiger partial charge in [-0.2, -0.15) is 0 Å². The van der Waals surface area contributed by atoms with Gasteiger partial charge in [-0.15, -0.1) is 0 Å². The van der Waals surface area contributed by atoms with E-state index in [1.807, 2.05) is 20.8 Å². The van der Waals surface area contributed by atoms with Gasteiger partial charge >= 0.3 is 5.97 Å². The molecule has 0 bridgehead atoms. The van der Waals surface area contributed by atoms with Gasteiger partial charge in [-0.3, -0.25) is 0 Å². The first-order valence-corrected chi connectivity index (χ1v) is 4.98. The van der Waals surface area contributed by atoms with Crippen molar-refractivity contribution in [1.82, 2.24) is 0 Å². The van der Waals surface area contributed by atoms with Crippen LogP contribution >= 0.6 is 0 Å². The van der Waals surface area contributed by atoms with E-state index in [1.165, 1.54) is 6.26 Å². The van der Waals surface area contributed by atoms with Crippen molar-refractivity contribution in [2.75, 3.05) is 0 Å². The van der Waals surface area contributed by atoms with E-state index >= 15 is 0 Å². The van der Waals surface area contributed by atoms with Crippen LogP contribution in [-0.2, 0) is 12.0 Å². The minimum Gasteiger partial charge on any atom is -0.478 e. The molecule has 0 atom stereocenters. The fourth-order valence-electron chi connectivity index (χ4n) is 1.47. The first-order chi connectivity index (χ1) is 6.94. The normalized spacial score (nSPS) is 11.7. The molecule has 0 saturated heterocycles. The number of nitrogens with two attached hydrogens (primary N) is 1. The largest absolute Gasteiger partial charge is 0.478 e. The zero-order valence-corrected chi connectivity index (χ0v) is 9.33. The lowest BCUT2D eigenvalue weighted by Crippen LogP contribution is -2.19. The Hall–Kier alpha value is -1.29. The molecule has 0 fully saturated rings. The maximum absolute atomic E-state index is 11.1. The molecule has 0 aliphatic rings. The zero-order valence-electron chi connectivity index (χ0n) is 9.33. The Morgan fingerprint density at radius 1 is 1.60 bits per heavy atom. The van der Waals surface area contributed by atoms with Crippen molar-refractivity contribution in [2.24, 2.45) is 5.73 Å². The number of hydrogen-bond donors (Lipinski definition) is 2. The molecule has 0 aromatic carbocycles. The van der Waals surface area contributed by atoms with Gasteiger partial charge in [0.05, 0.1) is 12.8 Å². The van der Waals surface area contributed by atoms with Crippen molar-refractivity contribution in [1.29, 1.82) is 0 Å². The van der Waals surface area contributed by atoms with E-state index in [-0.39, 0.29) is 17.5 Å². The zero-order chi connectivity index (χ0) is 11.6. The number of hydrogen-bond acceptors (Lipinski definition) is 3. The van der Waals surface area contributed by atoms with E-state index < -0.39 is 5.97 Å². The molecule has 0 amide bonds. The Labute approximate surface area is 89.1 Å². The number of carboxylic acids is 1.